The van der Waals surface area contributed by atoms with E-state index in [9.17, 15) is 0 Å². The zero-order chi connectivity index (χ0) is 10.8. The summed E-state index contributed by atoms with van der Waals surface area (Å²) in [7, 11) is 0. The molecule has 0 aromatic carbocycles. The Morgan fingerprint density at radius 3 is 2.67 bits per heavy atom. The quantitative estimate of drug-likeness (QED) is 0.589. The third kappa shape index (κ3) is 6.88. The van der Waals surface area contributed by atoms with Crippen LogP contribution in [0.4, 0.5) is 0 Å². The molecule has 1 N–H and O–H groups in total. The summed E-state index contributed by atoms with van der Waals surface area (Å²) >= 11 is 0. The molecule has 0 aromatic rings. The lowest BCUT2D eigenvalue weighted by Crippen LogP contribution is -2.23. The van der Waals surface area contributed by atoms with Gasteiger partial charge >= 0.3 is 0 Å². The van der Waals surface area contributed by atoms with Crippen LogP contribution >= 0.6 is 0 Å². The van der Waals surface area contributed by atoms with Crippen LogP contribution in [-0.4, -0.2) is 50.8 Å². The highest BCUT2D eigenvalue weighted by molar-refractivity contribution is 4.65. The van der Waals surface area contributed by atoms with E-state index in [4.69, 9.17) is 4.74 Å². The smallest absolute Gasteiger partial charge is 0.0590 e. The van der Waals surface area contributed by atoms with Crippen molar-refractivity contribution in [1.29, 1.82) is 0 Å². The largest absolute Gasteiger partial charge is 0.380 e. The molecule has 0 bridgehead atoms. The molecule has 0 aliphatic carbocycles. The summed E-state index contributed by atoms with van der Waals surface area (Å²) in [6.07, 6.45) is 5.17. The number of nitrogens with one attached hydrogen (secondary N) is 1. The van der Waals surface area contributed by atoms with E-state index in [2.05, 4.69) is 17.1 Å². The maximum Gasteiger partial charge on any atom is 0.0590 e. The molecule has 0 radical (unpaired) electrons. The fourth-order valence-corrected chi connectivity index (χ4v) is 1.94. The number of likely N-dealkylation sites (tertiary alicyclic amines) is 1. The van der Waals surface area contributed by atoms with Crippen molar-refractivity contribution < 1.29 is 4.74 Å². The first-order valence-corrected chi connectivity index (χ1v) is 6.44. The molecule has 1 rings (SSSR count). The number of rotatable bonds is 9. The third-order valence-electron chi connectivity index (χ3n) is 2.81. The van der Waals surface area contributed by atoms with Crippen molar-refractivity contribution in [2.45, 2.75) is 32.6 Å². The first-order valence-electron chi connectivity index (χ1n) is 6.44. The first kappa shape index (κ1) is 12.9. The number of ether oxygens (including phenoxy) is 1. The minimum absolute atomic E-state index is 0.861. The van der Waals surface area contributed by atoms with Gasteiger partial charge < -0.3 is 15.0 Å². The minimum Gasteiger partial charge on any atom is -0.380 e. The normalized spacial score (nSPS) is 17.4. The van der Waals surface area contributed by atoms with E-state index in [1.54, 1.807) is 0 Å². The maximum atomic E-state index is 5.55. The molecule has 15 heavy (non-hydrogen) atoms. The van der Waals surface area contributed by atoms with Crippen molar-refractivity contribution >= 4 is 0 Å². The molecule has 0 spiro atoms. The molecular weight excluding hydrogens is 188 g/mol. The summed E-state index contributed by atoms with van der Waals surface area (Å²) in [5, 5.41) is 3.33. The van der Waals surface area contributed by atoms with Gasteiger partial charge in [-0.1, -0.05) is 6.92 Å². The molecule has 0 unspecified atom stereocenters. The van der Waals surface area contributed by atoms with Crippen LogP contribution in [0.15, 0.2) is 0 Å². The van der Waals surface area contributed by atoms with Crippen LogP contribution in [0.1, 0.15) is 32.6 Å². The van der Waals surface area contributed by atoms with Crippen molar-refractivity contribution in [1.82, 2.24) is 10.2 Å². The molecule has 90 valence electrons. The second-order valence-electron chi connectivity index (χ2n) is 4.26. The number of hydrogen-bond donors (Lipinski definition) is 1. The van der Waals surface area contributed by atoms with Gasteiger partial charge in [0, 0.05) is 19.7 Å². The number of hydrogen-bond acceptors (Lipinski definition) is 3. The van der Waals surface area contributed by atoms with Gasteiger partial charge in [-0.3, -0.25) is 0 Å². The zero-order valence-electron chi connectivity index (χ0n) is 10.1. The monoisotopic (exact) mass is 214 g/mol. The van der Waals surface area contributed by atoms with E-state index in [0.29, 0.717) is 0 Å². The summed E-state index contributed by atoms with van der Waals surface area (Å²) in [6, 6.07) is 0. The molecule has 1 fully saturated rings. The van der Waals surface area contributed by atoms with Crippen molar-refractivity contribution in [3.63, 3.8) is 0 Å². The third-order valence-corrected chi connectivity index (χ3v) is 2.81. The molecule has 1 aliphatic heterocycles. The number of nitrogens with zero attached hydrogens (tertiary/aromatic N) is 1. The van der Waals surface area contributed by atoms with Crippen molar-refractivity contribution in [3.8, 4) is 0 Å². The molecule has 0 amide bonds. The maximum absolute atomic E-state index is 5.55. The predicted molar refractivity (Wildman–Crippen MR) is 64.3 cm³/mol. The Hall–Kier alpha value is -0.120. The summed E-state index contributed by atoms with van der Waals surface area (Å²) in [6.45, 7) is 9.90. The second kappa shape index (κ2) is 9.13. The highest BCUT2D eigenvalue weighted by Crippen LogP contribution is 2.07. The molecule has 3 heteroatoms. The van der Waals surface area contributed by atoms with Gasteiger partial charge in [0.2, 0.25) is 0 Å². The average molecular weight is 214 g/mol. The fourth-order valence-electron chi connectivity index (χ4n) is 1.94. The van der Waals surface area contributed by atoms with Gasteiger partial charge in [0.05, 0.1) is 6.61 Å². The average Bonchev–Trinajstić information content (AvgIpc) is 2.75. The molecule has 1 aliphatic rings. The van der Waals surface area contributed by atoms with Crippen molar-refractivity contribution in [2.24, 2.45) is 0 Å². The second-order valence-corrected chi connectivity index (χ2v) is 4.26. The van der Waals surface area contributed by atoms with E-state index < -0.39 is 0 Å². The summed E-state index contributed by atoms with van der Waals surface area (Å²) in [5.41, 5.74) is 0. The molecule has 1 heterocycles. The van der Waals surface area contributed by atoms with E-state index in [-0.39, 0.29) is 0 Å². The van der Waals surface area contributed by atoms with Gasteiger partial charge in [-0.05, 0) is 45.3 Å². The zero-order valence-corrected chi connectivity index (χ0v) is 10.1. The van der Waals surface area contributed by atoms with E-state index in [1.165, 1.54) is 45.3 Å². The fraction of sp³-hybridized carbons (Fsp3) is 1.00. The molecular formula is C12H26N2O. The lowest BCUT2D eigenvalue weighted by molar-refractivity contribution is 0.125. The Balaban J connectivity index is 1.73. The molecule has 0 atom stereocenters. The van der Waals surface area contributed by atoms with Crippen LogP contribution in [0.3, 0.4) is 0 Å². The lowest BCUT2D eigenvalue weighted by atomic mass is 10.4. The molecule has 3 nitrogen and oxygen atoms in total. The standard InChI is InChI=1S/C12H26N2O/c1-2-6-13-7-12-15-11-5-10-14-8-3-4-9-14/h13H,2-12H2,1H3. The Bertz CT molecular complexity index is 136. The van der Waals surface area contributed by atoms with Crippen LogP contribution in [0, 0.1) is 0 Å². The first-order chi connectivity index (χ1) is 7.43. The van der Waals surface area contributed by atoms with Gasteiger partial charge in [0.1, 0.15) is 0 Å². The Morgan fingerprint density at radius 1 is 1.13 bits per heavy atom. The molecule has 0 aromatic heterocycles. The Morgan fingerprint density at radius 2 is 1.93 bits per heavy atom. The highest BCUT2D eigenvalue weighted by Gasteiger charge is 2.09. The SMILES string of the molecule is CCCNCCOCCCN1CCCC1. The van der Waals surface area contributed by atoms with Gasteiger partial charge in [-0.25, -0.2) is 0 Å². The van der Waals surface area contributed by atoms with Gasteiger partial charge in [-0.2, -0.15) is 0 Å². The van der Waals surface area contributed by atoms with Gasteiger partial charge in [0.15, 0.2) is 0 Å². The van der Waals surface area contributed by atoms with E-state index >= 15 is 0 Å². The summed E-state index contributed by atoms with van der Waals surface area (Å²) < 4.78 is 5.55. The van der Waals surface area contributed by atoms with Gasteiger partial charge in [0.25, 0.3) is 0 Å². The summed E-state index contributed by atoms with van der Waals surface area (Å²) in [4.78, 5) is 2.54. The molecule has 1 saturated heterocycles. The van der Waals surface area contributed by atoms with Crippen LogP contribution in [0.2, 0.25) is 0 Å². The van der Waals surface area contributed by atoms with E-state index in [1.807, 2.05) is 0 Å². The van der Waals surface area contributed by atoms with E-state index in [0.717, 1.165) is 26.3 Å². The van der Waals surface area contributed by atoms with Crippen LogP contribution in [0.5, 0.6) is 0 Å². The Kier molecular flexibility index (Phi) is 7.88. The van der Waals surface area contributed by atoms with Gasteiger partial charge in [-0.15, -0.1) is 0 Å². The van der Waals surface area contributed by atoms with Crippen molar-refractivity contribution in [3.05, 3.63) is 0 Å². The topological polar surface area (TPSA) is 24.5 Å². The Labute approximate surface area is 94.2 Å². The van der Waals surface area contributed by atoms with Crippen LogP contribution in [0.25, 0.3) is 0 Å². The highest BCUT2D eigenvalue weighted by atomic mass is 16.5. The molecule has 0 saturated carbocycles. The van der Waals surface area contributed by atoms with Crippen molar-refractivity contribution in [2.75, 3.05) is 45.9 Å². The van der Waals surface area contributed by atoms with Crippen LogP contribution in [-0.2, 0) is 4.74 Å². The lowest BCUT2D eigenvalue weighted by Gasteiger charge is -2.14. The minimum atomic E-state index is 0.861. The predicted octanol–water partition coefficient (Wildman–Crippen LogP) is 1.49. The summed E-state index contributed by atoms with van der Waals surface area (Å²) in [5.74, 6) is 0. The van der Waals surface area contributed by atoms with Crippen LogP contribution < -0.4 is 5.32 Å².